The van der Waals surface area contributed by atoms with Crippen molar-refractivity contribution in [2.45, 2.75) is 25.5 Å². The molecule has 0 aliphatic heterocycles. The third-order valence-corrected chi connectivity index (χ3v) is 4.64. The molecule has 0 amide bonds. The van der Waals surface area contributed by atoms with Crippen LogP contribution < -0.4 is 5.32 Å². The Kier molecular flexibility index (Phi) is 6.50. The molecular formula is C12H22N2O4S. The molecule has 0 unspecified atom stereocenters. The smallest absolute Gasteiger partial charge is 0.276 e. The van der Waals surface area contributed by atoms with Crippen LogP contribution in [0.1, 0.15) is 19.6 Å². The van der Waals surface area contributed by atoms with Gasteiger partial charge in [-0.3, -0.25) is 0 Å². The number of rotatable bonds is 9. The first kappa shape index (κ1) is 16.2. The SMILES string of the molecule is CCN(CC)S(=O)(=O)c1ccc(CNCCOC)o1. The Bertz CT molecular complexity index is 466. The van der Waals surface area contributed by atoms with E-state index in [0.717, 1.165) is 0 Å². The minimum Gasteiger partial charge on any atom is -0.447 e. The molecule has 1 heterocycles. The first-order valence-electron chi connectivity index (χ1n) is 6.34. The molecule has 0 fully saturated rings. The van der Waals surface area contributed by atoms with E-state index in [2.05, 4.69) is 5.32 Å². The molecule has 0 radical (unpaired) electrons. The van der Waals surface area contributed by atoms with E-state index in [-0.39, 0.29) is 5.09 Å². The van der Waals surface area contributed by atoms with Gasteiger partial charge in [-0.05, 0) is 12.1 Å². The fraction of sp³-hybridized carbons (Fsp3) is 0.667. The molecule has 0 atom stereocenters. The lowest BCUT2D eigenvalue weighted by Gasteiger charge is -2.16. The largest absolute Gasteiger partial charge is 0.447 e. The zero-order valence-electron chi connectivity index (χ0n) is 11.7. The first-order valence-corrected chi connectivity index (χ1v) is 7.78. The third kappa shape index (κ3) is 4.31. The number of hydrogen-bond acceptors (Lipinski definition) is 5. The maximum absolute atomic E-state index is 12.2. The third-order valence-electron chi connectivity index (χ3n) is 2.72. The monoisotopic (exact) mass is 290 g/mol. The molecule has 0 saturated carbocycles. The van der Waals surface area contributed by atoms with E-state index in [1.807, 2.05) is 0 Å². The van der Waals surface area contributed by atoms with Gasteiger partial charge in [0.2, 0.25) is 5.09 Å². The second kappa shape index (κ2) is 7.64. The Morgan fingerprint density at radius 2 is 2.00 bits per heavy atom. The van der Waals surface area contributed by atoms with Crippen molar-refractivity contribution in [3.8, 4) is 0 Å². The van der Waals surface area contributed by atoms with Crippen molar-refractivity contribution in [1.82, 2.24) is 9.62 Å². The summed E-state index contributed by atoms with van der Waals surface area (Å²) in [5, 5.41) is 3.10. The Hall–Kier alpha value is -0.890. The summed E-state index contributed by atoms with van der Waals surface area (Å²) in [6.45, 7) is 6.24. The predicted octanol–water partition coefficient (Wildman–Crippen LogP) is 1.05. The zero-order chi connectivity index (χ0) is 14.3. The minimum absolute atomic E-state index is 0.000239. The second-order valence-electron chi connectivity index (χ2n) is 3.98. The average molecular weight is 290 g/mol. The highest BCUT2D eigenvalue weighted by atomic mass is 32.2. The Morgan fingerprint density at radius 3 is 2.58 bits per heavy atom. The van der Waals surface area contributed by atoms with Crippen molar-refractivity contribution < 1.29 is 17.6 Å². The maximum atomic E-state index is 12.2. The molecular weight excluding hydrogens is 268 g/mol. The first-order chi connectivity index (χ1) is 9.06. The number of methoxy groups -OCH3 is 1. The number of nitrogens with zero attached hydrogens (tertiary/aromatic N) is 1. The summed E-state index contributed by atoms with van der Waals surface area (Å²) in [4.78, 5) is 0. The van der Waals surface area contributed by atoms with E-state index in [9.17, 15) is 8.42 Å². The lowest BCUT2D eigenvalue weighted by atomic mass is 10.4. The molecule has 19 heavy (non-hydrogen) atoms. The van der Waals surface area contributed by atoms with Crippen LogP contribution in [0.4, 0.5) is 0 Å². The molecule has 1 aromatic rings. The summed E-state index contributed by atoms with van der Waals surface area (Å²) in [6, 6.07) is 3.18. The molecule has 6 nitrogen and oxygen atoms in total. The van der Waals surface area contributed by atoms with Crippen LogP contribution in [0.5, 0.6) is 0 Å². The Labute approximate surface area is 114 Å². The highest BCUT2D eigenvalue weighted by molar-refractivity contribution is 7.89. The van der Waals surface area contributed by atoms with Crippen LogP contribution in [0.3, 0.4) is 0 Å². The maximum Gasteiger partial charge on any atom is 0.276 e. The van der Waals surface area contributed by atoms with Gasteiger partial charge in [-0.15, -0.1) is 0 Å². The topological polar surface area (TPSA) is 71.8 Å². The quantitative estimate of drug-likeness (QED) is 0.688. The van der Waals surface area contributed by atoms with Gasteiger partial charge in [-0.2, -0.15) is 4.31 Å². The molecule has 1 N–H and O–H groups in total. The summed E-state index contributed by atoms with van der Waals surface area (Å²) in [5.41, 5.74) is 0. The molecule has 0 aliphatic carbocycles. The number of furan rings is 1. The fourth-order valence-electron chi connectivity index (χ4n) is 1.67. The molecule has 7 heteroatoms. The van der Waals surface area contributed by atoms with Gasteiger partial charge in [0.1, 0.15) is 5.76 Å². The molecule has 1 rings (SSSR count). The summed E-state index contributed by atoms with van der Waals surface area (Å²) >= 11 is 0. The van der Waals surface area contributed by atoms with Crippen LogP contribution in [0, 0.1) is 0 Å². The summed E-state index contributed by atoms with van der Waals surface area (Å²) in [6.07, 6.45) is 0. The number of sulfonamides is 1. The van der Waals surface area contributed by atoms with Crippen LogP contribution in [0.25, 0.3) is 0 Å². The minimum atomic E-state index is -3.50. The normalized spacial score (nSPS) is 12.2. The number of nitrogens with one attached hydrogen (secondary N) is 1. The van der Waals surface area contributed by atoms with Gasteiger partial charge in [0, 0.05) is 26.7 Å². The molecule has 0 saturated heterocycles. The van der Waals surface area contributed by atoms with Gasteiger partial charge in [0.15, 0.2) is 0 Å². The van der Waals surface area contributed by atoms with E-state index in [4.69, 9.17) is 9.15 Å². The van der Waals surface area contributed by atoms with Crippen LogP contribution in [-0.4, -0.2) is 46.1 Å². The fourth-order valence-corrected chi connectivity index (χ4v) is 3.06. The number of hydrogen-bond donors (Lipinski definition) is 1. The highest BCUT2D eigenvalue weighted by Crippen LogP contribution is 2.18. The van der Waals surface area contributed by atoms with Gasteiger partial charge in [-0.1, -0.05) is 13.8 Å². The van der Waals surface area contributed by atoms with Crippen molar-refractivity contribution in [2.24, 2.45) is 0 Å². The summed E-state index contributed by atoms with van der Waals surface area (Å²) in [5.74, 6) is 0.599. The van der Waals surface area contributed by atoms with Gasteiger partial charge < -0.3 is 14.5 Å². The van der Waals surface area contributed by atoms with Crippen molar-refractivity contribution in [1.29, 1.82) is 0 Å². The molecule has 0 aliphatic rings. The van der Waals surface area contributed by atoms with Gasteiger partial charge in [0.25, 0.3) is 10.0 Å². The van der Waals surface area contributed by atoms with Crippen LogP contribution in [0.15, 0.2) is 21.6 Å². The standard InChI is InChI=1S/C12H22N2O4S/c1-4-14(5-2)19(15,16)12-7-6-11(18-12)10-13-8-9-17-3/h6-7,13H,4-5,8-10H2,1-3H3. The summed E-state index contributed by atoms with van der Waals surface area (Å²) < 4.78 is 36.0. The van der Waals surface area contributed by atoms with E-state index < -0.39 is 10.0 Å². The molecule has 1 aromatic heterocycles. The lowest BCUT2D eigenvalue weighted by Crippen LogP contribution is -2.30. The van der Waals surface area contributed by atoms with Gasteiger partial charge >= 0.3 is 0 Å². The summed E-state index contributed by atoms with van der Waals surface area (Å²) in [7, 11) is -1.87. The van der Waals surface area contributed by atoms with Crippen LogP contribution in [-0.2, 0) is 21.3 Å². The lowest BCUT2D eigenvalue weighted by molar-refractivity contribution is 0.198. The highest BCUT2D eigenvalue weighted by Gasteiger charge is 2.25. The molecule has 0 aromatic carbocycles. The van der Waals surface area contributed by atoms with E-state index >= 15 is 0 Å². The van der Waals surface area contributed by atoms with E-state index in [1.54, 1.807) is 27.0 Å². The molecule has 0 spiro atoms. The average Bonchev–Trinajstić information content (AvgIpc) is 2.85. The molecule has 110 valence electrons. The second-order valence-corrected chi connectivity index (χ2v) is 5.85. The zero-order valence-corrected chi connectivity index (χ0v) is 12.5. The number of ether oxygens (including phenoxy) is 1. The Balaban J connectivity index is 2.68. The van der Waals surface area contributed by atoms with Crippen molar-refractivity contribution in [3.05, 3.63) is 17.9 Å². The van der Waals surface area contributed by atoms with Gasteiger partial charge in [-0.25, -0.2) is 8.42 Å². The molecule has 0 bridgehead atoms. The van der Waals surface area contributed by atoms with Crippen molar-refractivity contribution in [2.75, 3.05) is 33.4 Å². The van der Waals surface area contributed by atoms with Crippen molar-refractivity contribution >= 4 is 10.0 Å². The van der Waals surface area contributed by atoms with E-state index in [0.29, 0.717) is 38.5 Å². The van der Waals surface area contributed by atoms with Crippen LogP contribution in [0.2, 0.25) is 0 Å². The predicted molar refractivity (Wildman–Crippen MR) is 72.4 cm³/mol. The van der Waals surface area contributed by atoms with E-state index in [1.165, 1.54) is 10.4 Å². The van der Waals surface area contributed by atoms with Gasteiger partial charge in [0.05, 0.1) is 13.2 Å². The van der Waals surface area contributed by atoms with Crippen LogP contribution >= 0.6 is 0 Å². The Morgan fingerprint density at radius 1 is 1.32 bits per heavy atom. The van der Waals surface area contributed by atoms with Crippen molar-refractivity contribution in [3.63, 3.8) is 0 Å².